The maximum Gasteiger partial charge on any atom is 0.416 e. The quantitative estimate of drug-likeness (QED) is 0.819. The molecule has 0 spiro atoms. The molecule has 17 heavy (non-hydrogen) atoms. The molecule has 0 radical (unpaired) electrons. The summed E-state index contributed by atoms with van der Waals surface area (Å²) in [4.78, 5) is 0. The number of benzene rings is 1. The molecule has 0 amide bonds. The molecule has 0 aromatic heterocycles. The van der Waals surface area contributed by atoms with E-state index in [2.05, 4.69) is 5.32 Å². The standard InChI is InChI=1S/C11H13ClF3NO/c1-17-6-2-5-16-10-7-8(11(13,14)15)3-4-9(10)12/h3-4,7,16H,2,5-6H2,1H3. The second kappa shape index (κ2) is 6.12. The Hall–Kier alpha value is -0.940. The lowest BCUT2D eigenvalue weighted by atomic mass is 10.2. The molecular formula is C11H13ClF3NO. The number of anilines is 1. The predicted octanol–water partition coefficient (Wildman–Crippen LogP) is 3.81. The van der Waals surface area contributed by atoms with Crippen LogP contribution in [-0.4, -0.2) is 20.3 Å². The number of halogens is 4. The van der Waals surface area contributed by atoms with Gasteiger partial charge in [-0.05, 0) is 24.6 Å². The van der Waals surface area contributed by atoms with Gasteiger partial charge in [-0.3, -0.25) is 0 Å². The number of nitrogens with one attached hydrogen (secondary N) is 1. The van der Waals surface area contributed by atoms with Crippen LogP contribution in [0, 0.1) is 0 Å². The van der Waals surface area contributed by atoms with E-state index >= 15 is 0 Å². The van der Waals surface area contributed by atoms with Crippen LogP contribution in [0.2, 0.25) is 5.02 Å². The third-order valence-corrected chi connectivity index (χ3v) is 2.46. The van der Waals surface area contributed by atoms with E-state index in [0.29, 0.717) is 19.6 Å². The molecule has 0 atom stereocenters. The van der Waals surface area contributed by atoms with E-state index in [-0.39, 0.29) is 10.7 Å². The van der Waals surface area contributed by atoms with E-state index in [0.717, 1.165) is 12.1 Å². The summed E-state index contributed by atoms with van der Waals surface area (Å²) < 4.78 is 42.2. The second-order valence-electron chi connectivity index (χ2n) is 3.47. The summed E-state index contributed by atoms with van der Waals surface area (Å²) >= 11 is 5.80. The summed E-state index contributed by atoms with van der Waals surface area (Å²) in [6.45, 7) is 1.05. The summed E-state index contributed by atoms with van der Waals surface area (Å²) in [5.41, 5.74) is -0.422. The maximum atomic E-state index is 12.5. The summed E-state index contributed by atoms with van der Waals surface area (Å²) in [5, 5.41) is 3.12. The van der Waals surface area contributed by atoms with Crippen LogP contribution in [0.5, 0.6) is 0 Å². The Labute approximate surface area is 103 Å². The van der Waals surface area contributed by atoms with Crippen LogP contribution < -0.4 is 5.32 Å². The zero-order chi connectivity index (χ0) is 12.9. The van der Waals surface area contributed by atoms with Crippen molar-refractivity contribution in [2.75, 3.05) is 25.6 Å². The van der Waals surface area contributed by atoms with Crippen molar-refractivity contribution in [2.24, 2.45) is 0 Å². The summed E-state index contributed by atoms with van der Waals surface area (Å²) in [7, 11) is 1.57. The molecule has 1 aromatic carbocycles. The van der Waals surface area contributed by atoms with Crippen LogP contribution in [-0.2, 0) is 10.9 Å². The normalized spacial score (nSPS) is 11.6. The van der Waals surface area contributed by atoms with Crippen molar-refractivity contribution in [3.8, 4) is 0 Å². The lowest BCUT2D eigenvalue weighted by molar-refractivity contribution is -0.137. The lowest BCUT2D eigenvalue weighted by Gasteiger charge is -2.12. The van der Waals surface area contributed by atoms with E-state index in [1.54, 1.807) is 7.11 Å². The number of ether oxygens (including phenoxy) is 1. The molecule has 0 saturated heterocycles. The summed E-state index contributed by atoms with van der Waals surface area (Å²) in [6.07, 6.45) is -3.66. The van der Waals surface area contributed by atoms with Crippen LogP contribution in [0.25, 0.3) is 0 Å². The van der Waals surface area contributed by atoms with E-state index in [9.17, 15) is 13.2 Å². The van der Waals surface area contributed by atoms with Crippen molar-refractivity contribution in [1.29, 1.82) is 0 Å². The molecule has 0 aliphatic rings. The van der Waals surface area contributed by atoms with Crippen LogP contribution in [0.1, 0.15) is 12.0 Å². The van der Waals surface area contributed by atoms with Gasteiger partial charge in [0.2, 0.25) is 0 Å². The molecule has 0 aliphatic carbocycles. The van der Waals surface area contributed by atoms with Gasteiger partial charge < -0.3 is 10.1 Å². The van der Waals surface area contributed by atoms with Gasteiger partial charge >= 0.3 is 6.18 Å². The minimum Gasteiger partial charge on any atom is -0.385 e. The highest BCUT2D eigenvalue weighted by atomic mass is 35.5. The highest BCUT2D eigenvalue weighted by Crippen LogP contribution is 2.33. The van der Waals surface area contributed by atoms with E-state index in [1.165, 1.54) is 6.07 Å². The fourth-order valence-electron chi connectivity index (χ4n) is 1.28. The van der Waals surface area contributed by atoms with E-state index in [4.69, 9.17) is 16.3 Å². The fraction of sp³-hybridized carbons (Fsp3) is 0.455. The van der Waals surface area contributed by atoms with Gasteiger partial charge in [0.15, 0.2) is 0 Å². The zero-order valence-corrected chi connectivity index (χ0v) is 10.0. The minimum absolute atomic E-state index is 0.274. The molecule has 1 rings (SSSR count). The first-order valence-electron chi connectivity index (χ1n) is 5.04. The van der Waals surface area contributed by atoms with Crippen molar-refractivity contribution in [1.82, 2.24) is 0 Å². The van der Waals surface area contributed by atoms with Crippen molar-refractivity contribution in [3.05, 3.63) is 28.8 Å². The number of methoxy groups -OCH3 is 1. The smallest absolute Gasteiger partial charge is 0.385 e. The van der Waals surface area contributed by atoms with Gasteiger partial charge in [0.05, 0.1) is 16.3 Å². The van der Waals surface area contributed by atoms with E-state index in [1.807, 2.05) is 0 Å². The predicted molar refractivity (Wildman–Crippen MR) is 61.4 cm³/mol. The molecule has 0 heterocycles. The average molecular weight is 268 g/mol. The fourth-order valence-corrected chi connectivity index (χ4v) is 1.46. The van der Waals surface area contributed by atoms with Gasteiger partial charge in [-0.15, -0.1) is 0 Å². The molecule has 1 N–H and O–H groups in total. The van der Waals surface area contributed by atoms with Gasteiger partial charge in [0.1, 0.15) is 0 Å². The van der Waals surface area contributed by atoms with Gasteiger partial charge in [-0.1, -0.05) is 11.6 Å². The Balaban J connectivity index is 2.70. The zero-order valence-electron chi connectivity index (χ0n) is 9.27. The Morgan fingerprint density at radius 3 is 2.65 bits per heavy atom. The Kier molecular flexibility index (Phi) is 5.08. The van der Waals surface area contributed by atoms with Crippen LogP contribution in [0.3, 0.4) is 0 Å². The van der Waals surface area contributed by atoms with Gasteiger partial charge in [-0.25, -0.2) is 0 Å². The Morgan fingerprint density at radius 2 is 2.06 bits per heavy atom. The molecular weight excluding hydrogens is 255 g/mol. The third kappa shape index (κ3) is 4.44. The number of alkyl halides is 3. The van der Waals surface area contributed by atoms with Crippen molar-refractivity contribution >= 4 is 17.3 Å². The largest absolute Gasteiger partial charge is 0.416 e. The topological polar surface area (TPSA) is 21.3 Å². The van der Waals surface area contributed by atoms with Crippen molar-refractivity contribution < 1.29 is 17.9 Å². The molecule has 1 aromatic rings. The molecule has 0 bridgehead atoms. The molecule has 0 saturated carbocycles. The maximum absolute atomic E-state index is 12.5. The Morgan fingerprint density at radius 1 is 1.35 bits per heavy atom. The van der Waals surface area contributed by atoms with Crippen LogP contribution >= 0.6 is 11.6 Å². The SMILES string of the molecule is COCCCNc1cc(C(F)(F)F)ccc1Cl. The highest BCUT2D eigenvalue weighted by Gasteiger charge is 2.30. The number of hydrogen-bond donors (Lipinski definition) is 1. The van der Waals surface area contributed by atoms with Crippen LogP contribution in [0.4, 0.5) is 18.9 Å². The molecule has 96 valence electrons. The van der Waals surface area contributed by atoms with Crippen LogP contribution in [0.15, 0.2) is 18.2 Å². The minimum atomic E-state index is -4.35. The third-order valence-electron chi connectivity index (χ3n) is 2.13. The van der Waals surface area contributed by atoms with Crippen molar-refractivity contribution in [3.63, 3.8) is 0 Å². The molecule has 2 nitrogen and oxygen atoms in total. The summed E-state index contributed by atoms with van der Waals surface area (Å²) in [5.74, 6) is 0. The monoisotopic (exact) mass is 267 g/mol. The highest BCUT2D eigenvalue weighted by molar-refractivity contribution is 6.33. The first kappa shape index (κ1) is 14.1. The van der Waals surface area contributed by atoms with Gasteiger partial charge in [0.25, 0.3) is 0 Å². The second-order valence-corrected chi connectivity index (χ2v) is 3.87. The first-order valence-corrected chi connectivity index (χ1v) is 5.42. The van der Waals surface area contributed by atoms with Gasteiger partial charge in [0, 0.05) is 20.3 Å². The number of rotatable bonds is 5. The van der Waals surface area contributed by atoms with E-state index < -0.39 is 11.7 Å². The Bertz CT molecular complexity index is 368. The lowest BCUT2D eigenvalue weighted by Crippen LogP contribution is -2.08. The summed E-state index contributed by atoms with van der Waals surface area (Å²) in [6, 6.07) is 3.21. The molecule has 6 heteroatoms. The molecule has 0 aliphatic heterocycles. The molecule has 0 fully saturated rings. The average Bonchev–Trinajstić information content (AvgIpc) is 2.25. The first-order chi connectivity index (χ1) is 7.95. The van der Waals surface area contributed by atoms with Crippen molar-refractivity contribution in [2.45, 2.75) is 12.6 Å². The van der Waals surface area contributed by atoms with Gasteiger partial charge in [-0.2, -0.15) is 13.2 Å². The molecule has 0 unspecified atom stereocenters. The number of hydrogen-bond acceptors (Lipinski definition) is 2.